The van der Waals surface area contributed by atoms with Gasteiger partial charge in [-0.05, 0) is 35.4 Å². The van der Waals surface area contributed by atoms with Crippen LogP contribution in [0.15, 0.2) is 42.5 Å². The summed E-state index contributed by atoms with van der Waals surface area (Å²) in [5, 5.41) is 3.27. The number of amides is 1. The van der Waals surface area contributed by atoms with Crippen molar-refractivity contribution < 1.29 is 17.6 Å². The predicted molar refractivity (Wildman–Crippen MR) is 91.9 cm³/mol. The highest BCUT2D eigenvalue weighted by molar-refractivity contribution is 7.92. The highest BCUT2D eigenvalue weighted by Gasteiger charge is 2.09. The number of carbonyl (C=O) groups is 1. The molecule has 0 fully saturated rings. The van der Waals surface area contributed by atoms with E-state index in [-0.39, 0.29) is 24.6 Å². The molecule has 0 saturated carbocycles. The topological polar surface area (TPSA) is 75.3 Å². The maximum atomic E-state index is 13.8. The van der Waals surface area contributed by atoms with Crippen molar-refractivity contribution in [2.45, 2.75) is 13.0 Å². The number of halogens is 2. The molecule has 5 nitrogen and oxygen atoms in total. The lowest BCUT2D eigenvalue weighted by Crippen LogP contribution is -2.24. The number of benzene rings is 2. The minimum absolute atomic E-state index is 0.131. The van der Waals surface area contributed by atoms with Crippen LogP contribution in [0, 0.1) is 5.82 Å². The van der Waals surface area contributed by atoms with Gasteiger partial charge < -0.3 is 5.32 Å². The van der Waals surface area contributed by atoms with Crippen molar-refractivity contribution in [2.24, 2.45) is 0 Å². The number of rotatable bonds is 6. The largest absolute Gasteiger partial charge is 0.352 e. The van der Waals surface area contributed by atoms with Crippen LogP contribution in [0.25, 0.3) is 0 Å². The summed E-state index contributed by atoms with van der Waals surface area (Å²) in [6.45, 7) is 0.141. The van der Waals surface area contributed by atoms with Gasteiger partial charge in [-0.3, -0.25) is 9.52 Å². The first-order valence-corrected chi connectivity index (χ1v) is 9.27. The molecule has 0 aromatic heterocycles. The van der Waals surface area contributed by atoms with Crippen LogP contribution in [-0.4, -0.2) is 20.6 Å². The summed E-state index contributed by atoms with van der Waals surface area (Å²) in [5.41, 5.74) is 1.21. The zero-order chi connectivity index (χ0) is 17.7. The Morgan fingerprint density at radius 2 is 1.75 bits per heavy atom. The van der Waals surface area contributed by atoms with Gasteiger partial charge in [0.2, 0.25) is 15.9 Å². The van der Waals surface area contributed by atoms with E-state index in [1.165, 1.54) is 12.1 Å². The zero-order valence-corrected chi connectivity index (χ0v) is 14.4. The molecule has 2 aromatic carbocycles. The Morgan fingerprint density at radius 1 is 1.12 bits per heavy atom. The molecular weight excluding hydrogens is 355 g/mol. The lowest BCUT2D eigenvalue weighted by Gasteiger charge is -2.09. The first kappa shape index (κ1) is 18.2. The third kappa shape index (κ3) is 5.82. The third-order valence-corrected chi connectivity index (χ3v) is 3.94. The van der Waals surface area contributed by atoms with Crippen molar-refractivity contribution >= 4 is 33.2 Å². The molecule has 0 unspecified atom stereocenters. The second kappa shape index (κ2) is 7.63. The summed E-state index contributed by atoms with van der Waals surface area (Å²) in [6.07, 6.45) is 1.13. The number of anilines is 1. The smallest absolute Gasteiger partial charge is 0.229 e. The molecule has 0 atom stereocenters. The fourth-order valence-electron chi connectivity index (χ4n) is 2.00. The van der Waals surface area contributed by atoms with E-state index in [1.807, 2.05) is 0 Å². The molecule has 2 N–H and O–H groups in total. The van der Waals surface area contributed by atoms with E-state index in [1.54, 1.807) is 30.3 Å². The van der Waals surface area contributed by atoms with Gasteiger partial charge in [0.15, 0.2) is 0 Å². The molecule has 0 aliphatic heterocycles. The van der Waals surface area contributed by atoms with E-state index in [0.29, 0.717) is 10.6 Å². The van der Waals surface area contributed by atoms with Gasteiger partial charge in [0.25, 0.3) is 0 Å². The quantitative estimate of drug-likeness (QED) is 0.821. The maximum Gasteiger partial charge on any atom is 0.229 e. The van der Waals surface area contributed by atoms with Crippen LogP contribution in [0.1, 0.15) is 11.1 Å². The second-order valence-electron chi connectivity index (χ2n) is 5.27. The van der Waals surface area contributed by atoms with Gasteiger partial charge in [-0.25, -0.2) is 12.8 Å². The van der Waals surface area contributed by atoms with Crippen LogP contribution in [-0.2, 0) is 27.8 Å². The average Bonchev–Trinajstić information content (AvgIpc) is 2.49. The van der Waals surface area contributed by atoms with Crippen molar-refractivity contribution in [1.82, 2.24) is 5.32 Å². The van der Waals surface area contributed by atoms with E-state index in [4.69, 9.17) is 11.6 Å². The molecule has 0 radical (unpaired) electrons. The molecule has 0 saturated heterocycles. The fraction of sp³-hybridized carbons (Fsp3) is 0.188. The molecule has 0 heterocycles. The van der Waals surface area contributed by atoms with Crippen molar-refractivity contribution in [3.8, 4) is 0 Å². The fourth-order valence-corrected chi connectivity index (χ4v) is 2.69. The highest BCUT2D eigenvalue weighted by atomic mass is 35.5. The van der Waals surface area contributed by atoms with Crippen LogP contribution in [0.3, 0.4) is 0 Å². The van der Waals surface area contributed by atoms with Gasteiger partial charge in [-0.2, -0.15) is 0 Å². The van der Waals surface area contributed by atoms with E-state index in [9.17, 15) is 17.6 Å². The van der Waals surface area contributed by atoms with Crippen LogP contribution in [0.4, 0.5) is 10.1 Å². The van der Waals surface area contributed by atoms with Crippen molar-refractivity contribution in [1.29, 1.82) is 0 Å². The Balaban J connectivity index is 1.93. The normalized spacial score (nSPS) is 11.1. The molecule has 0 spiro atoms. The predicted octanol–water partition coefficient (Wildman–Crippen LogP) is 2.71. The number of carbonyl (C=O) groups excluding carboxylic acids is 1. The third-order valence-electron chi connectivity index (χ3n) is 3.10. The van der Waals surface area contributed by atoms with Gasteiger partial charge in [0, 0.05) is 11.6 Å². The van der Waals surface area contributed by atoms with Crippen LogP contribution < -0.4 is 10.0 Å². The number of sulfonamides is 1. The Bertz CT molecular complexity index is 839. The Morgan fingerprint density at radius 3 is 2.33 bits per heavy atom. The second-order valence-corrected chi connectivity index (χ2v) is 7.45. The minimum atomic E-state index is -3.55. The minimum Gasteiger partial charge on any atom is -0.352 e. The Labute approximate surface area is 144 Å². The van der Waals surface area contributed by atoms with Crippen molar-refractivity contribution in [2.75, 3.05) is 11.0 Å². The van der Waals surface area contributed by atoms with E-state index in [0.717, 1.165) is 11.8 Å². The van der Waals surface area contributed by atoms with Crippen LogP contribution in [0.2, 0.25) is 5.02 Å². The summed E-state index contributed by atoms with van der Waals surface area (Å²) >= 11 is 5.78. The van der Waals surface area contributed by atoms with Crippen molar-refractivity contribution in [3.05, 3.63) is 64.4 Å². The highest BCUT2D eigenvalue weighted by Crippen LogP contribution is 2.17. The molecule has 2 aromatic rings. The van der Waals surface area contributed by atoms with Crippen molar-refractivity contribution in [3.63, 3.8) is 0 Å². The summed E-state index contributed by atoms with van der Waals surface area (Å²) in [6, 6.07) is 11.0. The monoisotopic (exact) mass is 370 g/mol. The molecule has 24 heavy (non-hydrogen) atoms. The molecular formula is C16H16ClFN2O3S. The molecule has 0 aliphatic carbocycles. The van der Waals surface area contributed by atoms with E-state index >= 15 is 0 Å². The maximum absolute atomic E-state index is 13.8. The van der Waals surface area contributed by atoms with Gasteiger partial charge in [0.1, 0.15) is 5.82 Å². The first-order valence-electron chi connectivity index (χ1n) is 7.00. The van der Waals surface area contributed by atoms with Gasteiger partial charge >= 0.3 is 0 Å². The summed E-state index contributed by atoms with van der Waals surface area (Å²) in [4.78, 5) is 11.9. The molecule has 8 heteroatoms. The average molecular weight is 371 g/mol. The van der Waals surface area contributed by atoms with Crippen LogP contribution in [0.5, 0.6) is 0 Å². The van der Waals surface area contributed by atoms with Gasteiger partial charge in [0.05, 0.1) is 18.4 Å². The SMILES string of the molecule is CS(=O)(=O)Nc1ccc(CNC(=O)Cc2ccc(Cl)cc2)cc1F. The summed E-state index contributed by atoms with van der Waals surface area (Å²) in [7, 11) is -3.55. The lowest BCUT2D eigenvalue weighted by molar-refractivity contribution is -0.120. The first-order chi connectivity index (χ1) is 11.2. The molecule has 2 rings (SSSR count). The molecule has 1 amide bonds. The Hall–Kier alpha value is -2.12. The van der Waals surface area contributed by atoms with Gasteiger partial charge in [-0.1, -0.05) is 29.8 Å². The van der Waals surface area contributed by atoms with Gasteiger partial charge in [-0.15, -0.1) is 0 Å². The number of hydrogen-bond acceptors (Lipinski definition) is 3. The zero-order valence-electron chi connectivity index (χ0n) is 12.8. The lowest BCUT2D eigenvalue weighted by atomic mass is 10.1. The molecule has 128 valence electrons. The van der Waals surface area contributed by atoms with E-state index < -0.39 is 15.8 Å². The summed E-state index contributed by atoms with van der Waals surface area (Å²) in [5.74, 6) is -0.916. The van der Waals surface area contributed by atoms with Crippen LogP contribution >= 0.6 is 11.6 Å². The number of hydrogen-bond donors (Lipinski definition) is 2. The molecule has 0 bridgehead atoms. The summed E-state index contributed by atoms with van der Waals surface area (Å²) < 4.78 is 38.1. The number of nitrogens with one attached hydrogen (secondary N) is 2. The Kier molecular flexibility index (Phi) is 5.80. The standard InChI is InChI=1S/C16H16ClFN2O3S/c1-24(22,23)20-15-7-4-12(8-14(15)18)10-19-16(21)9-11-2-5-13(17)6-3-11/h2-8,20H,9-10H2,1H3,(H,19,21). The van der Waals surface area contributed by atoms with E-state index in [2.05, 4.69) is 10.0 Å². The molecule has 0 aliphatic rings.